The lowest BCUT2D eigenvalue weighted by atomic mass is 10.0. The van der Waals surface area contributed by atoms with Crippen molar-refractivity contribution in [1.82, 2.24) is 14.3 Å². The number of benzene rings is 1. The molecule has 4 rings (SSSR count). The zero-order chi connectivity index (χ0) is 27.0. The summed E-state index contributed by atoms with van der Waals surface area (Å²) in [6, 6.07) is 9.11. The smallest absolute Gasteiger partial charge is 0.390 e. The van der Waals surface area contributed by atoms with Gasteiger partial charge in [0.25, 0.3) is 0 Å². The Bertz CT molecular complexity index is 1400. The van der Waals surface area contributed by atoms with Crippen LogP contribution in [0.3, 0.4) is 0 Å². The van der Waals surface area contributed by atoms with Crippen LogP contribution in [0.1, 0.15) is 28.0 Å². The van der Waals surface area contributed by atoms with Crippen LogP contribution in [0.15, 0.2) is 59.8 Å². The molecule has 1 amide bonds. The summed E-state index contributed by atoms with van der Waals surface area (Å²) in [7, 11) is -3.93. The molecule has 0 aliphatic carbocycles. The third-order valence-corrected chi connectivity index (χ3v) is 8.02. The number of aliphatic hydroxyl groups is 1. The number of halogens is 3. The number of carbonyl (C=O) groups excluding carboxylic acids is 1. The fourth-order valence-electron chi connectivity index (χ4n) is 4.04. The summed E-state index contributed by atoms with van der Waals surface area (Å²) in [5, 5.41) is 13.4. The zero-order valence-electron chi connectivity index (χ0n) is 19.6. The fourth-order valence-corrected chi connectivity index (χ4v) is 5.51. The number of carbonyl (C=O) groups is 1. The van der Waals surface area contributed by atoms with Crippen molar-refractivity contribution < 1.29 is 31.5 Å². The highest BCUT2D eigenvalue weighted by Crippen LogP contribution is 2.30. The van der Waals surface area contributed by atoms with E-state index in [1.807, 2.05) is 0 Å². The van der Waals surface area contributed by atoms with Gasteiger partial charge in [0.2, 0.25) is 15.9 Å². The average molecular weight is 536 g/mol. The van der Waals surface area contributed by atoms with Crippen LogP contribution in [-0.2, 0) is 16.2 Å². The number of hydrogen-bond donors (Lipinski definition) is 3. The number of amides is 1. The van der Waals surface area contributed by atoms with Gasteiger partial charge in [-0.3, -0.25) is 9.78 Å². The number of nitrogens with two attached hydrogens (primary N) is 1. The predicted octanol–water partition coefficient (Wildman–Crippen LogP) is 2.81. The van der Waals surface area contributed by atoms with E-state index in [4.69, 9.17) is 5.73 Å². The SMILES string of the molecule is Cc1ncc(C(N)=O)cc1-c1ccc(S(=O)(=O)N2CC[C@@H](Nc3ccc(C(F)(F)F)cn3)[C@@H](O)C2)cc1. The topological polar surface area (TPSA) is 139 Å². The molecule has 2 aromatic heterocycles. The monoisotopic (exact) mass is 535 g/mol. The molecule has 1 aliphatic heterocycles. The minimum Gasteiger partial charge on any atom is -0.390 e. The molecule has 0 unspecified atom stereocenters. The van der Waals surface area contributed by atoms with Gasteiger partial charge in [0.05, 0.1) is 28.2 Å². The Kier molecular flexibility index (Phi) is 7.22. The second-order valence-corrected chi connectivity index (χ2v) is 10.6. The lowest BCUT2D eigenvalue weighted by Gasteiger charge is -2.35. The second kappa shape index (κ2) is 10.1. The van der Waals surface area contributed by atoms with Gasteiger partial charge in [-0.15, -0.1) is 0 Å². The molecular weight excluding hydrogens is 511 g/mol. The van der Waals surface area contributed by atoms with Crippen molar-refractivity contribution in [2.45, 2.75) is 36.6 Å². The van der Waals surface area contributed by atoms with Gasteiger partial charge in [-0.2, -0.15) is 17.5 Å². The summed E-state index contributed by atoms with van der Waals surface area (Å²) in [5.74, 6) is -0.479. The van der Waals surface area contributed by atoms with Gasteiger partial charge in [0.1, 0.15) is 5.82 Å². The normalized spacial score (nSPS) is 18.9. The number of aromatic nitrogens is 2. The van der Waals surface area contributed by atoms with Crippen LogP contribution in [0.4, 0.5) is 19.0 Å². The lowest BCUT2D eigenvalue weighted by molar-refractivity contribution is -0.137. The molecule has 2 atom stereocenters. The first-order valence-corrected chi connectivity index (χ1v) is 12.6. The van der Waals surface area contributed by atoms with Crippen molar-refractivity contribution in [3.8, 4) is 11.1 Å². The van der Waals surface area contributed by atoms with Crippen LogP contribution in [0.2, 0.25) is 0 Å². The summed E-state index contributed by atoms with van der Waals surface area (Å²) < 4.78 is 65.7. The Morgan fingerprint density at radius 1 is 1.14 bits per heavy atom. The second-order valence-electron chi connectivity index (χ2n) is 8.65. The number of primary amides is 1. The quantitative estimate of drug-likeness (QED) is 0.441. The molecule has 196 valence electrons. The van der Waals surface area contributed by atoms with E-state index >= 15 is 0 Å². The Balaban J connectivity index is 1.45. The maximum Gasteiger partial charge on any atom is 0.417 e. The maximum atomic E-state index is 13.2. The summed E-state index contributed by atoms with van der Waals surface area (Å²) >= 11 is 0. The minimum absolute atomic E-state index is 0.0240. The molecule has 3 heterocycles. The number of sulfonamides is 1. The average Bonchev–Trinajstić information content (AvgIpc) is 2.85. The van der Waals surface area contributed by atoms with E-state index in [-0.39, 0.29) is 35.8 Å². The number of nitrogens with one attached hydrogen (secondary N) is 1. The molecule has 0 radical (unpaired) electrons. The molecule has 0 spiro atoms. The lowest BCUT2D eigenvalue weighted by Crippen LogP contribution is -2.51. The molecule has 1 fully saturated rings. The summed E-state index contributed by atoms with van der Waals surface area (Å²) in [4.78, 5) is 19.4. The van der Waals surface area contributed by atoms with Crippen molar-refractivity contribution in [3.05, 3.63) is 71.7 Å². The van der Waals surface area contributed by atoms with Crippen molar-refractivity contribution in [3.63, 3.8) is 0 Å². The zero-order valence-corrected chi connectivity index (χ0v) is 20.4. The molecule has 13 heteroatoms. The molecule has 0 saturated carbocycles. The molecule has 1 saturated heterocycles. The Hall–Kier alpha value is -3.55. The number of β-amino-alcohol motifs (C(OH)–C–C–N with tert-alkyl or cyclic N) is 1. The van der Waals surface area contributed by atoms with E-state index in [2.05, 4.69) is 15.3 Å². The summed E-state index contributed by atoms with van der Waals surface area (Å²) in [6.45, 7) is 1.64. The van der Waals surface area contributed by atoms with Crippen LogP contribution in [0.5, 0.6) is 0 Å². The van der Waals surface area contributed by atoms with Gasteiger partial charge in [-0.05, 0) is 49.2 Å². The first-order valence-electron chi connectivity index (χ1n) is 11.2. The number of anilines is 1. The van der Waals surface area contributed by atoms with Gasteiger partial charge < -0.3 is 16.2 Å². The van der Waals surface area contributed by atoms with Gasteiger partial charge in [0, 0.05) is 36.7 Å². The fraction of sp³-hybridized carbons (Fsp3) is 0.292. The predicted molar refractivity (Wildman–Crippen MR) is 129 cm³/mol. The number of rotatable bonds is 6. The molecule has 37 heavy (non-hydrogen) atoms. The third-order valence-electron chi connectivity index (χ3n) is 6.14. The first-order chi connectivity index (χ1) is 17.4. The summed E-state index contributed by atoms with van der Waals surface area (Å²) in [5.41, 5.74) is 6.60. The van der Waals surface area contributed by atoms with Crippen molar-refractivity contribution in [2.24, 2.45) is 5.73 Å². The molecule has 1 aromatic carbocycles. The molecular formula is C24H24F3N5O4S. The Morgan fingerprint density at radius 3 is 2.41 bits per heavy atom. The van der Waals surface area contributed by atoms with Gasteiger partial charge in [-0.1, -0.05) is 12.1 Å². The minimum atomic E-state index is -4.51. The van der Waals surface area contributed by atoms with Crippen molar-refractivity contribution in [1.29, 1.82) is 0 Å². The van der Waals surface area contributed by atoms with E-state index in [0.29, 0.717) is 23.0 Å². The highest BCUT2D eigenvalue weighted by Gasteiger charge is 2.35. The molecule has 9 nitrogen and oxygen atoms in total. The van der Waals surface area contributed by atoms with Crippen LogP contribution in [0, 0.1) is 6.92 Å². The number of piperidine rings is 1. The molecule has 4 N–H and O–H groups in total. The Labute approximate surface area is 211 Å². The van der Waals surface area contributed by atoms with Gasteiger partial charge in [0.15, 0.2) is 0 Å². The van der Waals surface area contributed by atoms with Gasteiger partial charge in [-0.25, -0.2) is 13.4 Å². The molecule has 3 aromatic rings. The molecule has 0 bridgehead atoms. The largest absolute Gasteiger partial charge is 0.417 e. The molecule has 1 aliphatic rings. The van der Waals surface area contributed by atoms with Crippen molar-refractivity contribution in [2.75, 3.05) is 18.4 Å². The first kappa shape index (κ1) is 26.5. The third kappa shape index (κ3) is 5.73. The number of pyridine rings is 2. The number of nitrogens with zero attached hydrogens (tertiary/aromatic N) is 3. The van der Waals surface area contributed by atoms with E-state index in [1.54, 1.807) is 25.1 Å². The van der Waals surface area contributed by atoms with E-state index in [0.717, 1.165) is 16.4 Å². The van der Waals surface area contributed by atoms with Crippen LogP contribution < -0.4 is 11.1 Å². The number of aliphatic hydroxyl groups excluding tert-OH is 1. The van der Waals surface area contributed by atoms with E-state index in [1.165, 1.54) is 18.3 Å². The van der Waals surface area contributed by atoms with Crippen LogP contribution >= 0.6 is 0 Å². The van der Waals surface area contributed by atoms with Crippen LogP contribution in [0.25, 0.3) is 11.1 Å². The number of aryl methyl sites for hydroxylation is 1. The maximum absolute atomic E-state index is 13.2. The highest BCUT2D eigenvalue weighted by atomic mass is 32.2. The van der Waals surface area contributed by atoms with Gasteiger partial charge >= 0.3 is 6.18 Å². The van der Waals surface area contributed by atoms with E-state index < -0.39 is 39.8 Å². The number of alkyl halides is 3. The highest BCUT2D eigenvalue weighted by molar-refractivity contribution is 7.89. The Morgan fingerprint density at radius 2 is 1.84 bits per heavy atom. The number of hydrogen-bond acceptors (Lipinski definition) is 7. The summed E-state index contributed by atoms with van der Waals surface area (Å²) in [6.07, 6.45) is -3.34. The van der Waals surface area contributed by atoms with E-state index in [9.17, 15) is 31.5 Å². The van der Waals surface area contributed by atoms with Crippen molar-refractivity contribution >= 4 is 21.7 Å². The van der Waals surface area contributed by atoms with Crippen LogP contribution in [-0.4, -0.2) is 58.9 Å². The standard InChI is InChI=1S/C24H24F3N5O4S/c1-14-19(10-16(11-29-14)23(28)34)15-2-5-18(6-3-15)37(35,36)32-9-8-20(21(33)13-32)31-22-7-4-17(12-30-22)24(25,26)27/h2-7,10-12,20-21,33H,8-9,13H2,1H3,(H2,28,34)(H,30,31)/t20-,21+/m1/s1.